The van der Waals surface area contributed by atoms with Crippen LogP contribution >= 0.6 is 0 Å². The Balaban J connectivity index is 2.68. The lowest BCUT2D eigenvalue weighted by Crippen LogP contribution is -2.08. The van der Waals surface area contributed by atoms with Gasteiger partial charge in [0.25, 0.3) is 5.56 Å². The molecular weight excluding hydrogens is 217 g/mol. The molecule has 0 saturated heterocycles. The van der Waals surface area contributed by atoms with Crippen LogP contribution in [-0.4, -0.2) is 4.98 Å². The van der Waals surface area contributed by atoms with Gasteiger partial charge in [0.05, 0.1) is 0 Å². The van der Waals surface area contributed by atoms with E-state index in [1.54, 1.807) is 19.2 Å². The van der Waals surface area contributed by atoms with Gasteiger partial charge in [0.2, 0.25) is 0 Å². The maximum Gasteiger partial charge on any atom is 0.250 e. The molecule has 0 radical (unpaired) electrons. The van der Waals surface area contributed by atoms with E-state index < -0.39 is 0 Å². The number of hydrogen-bond donors (Lipinski definition) is 1. The van der Waals surface area contributed by atoms with Crippen LogP contribution in [-0.2, 0) is 0 Å². The van der Waals surface area contributed by atoms with Gasteiger partial charge in [-0.1, -0.05) is 6.07 Å². The first kappa shape index (κ1) is 11.6. The van der Waals surface area contributed by atoms with Crippen LogP contribution in [0.5, 0.6) is 0 Å². The van der Waals surface area contributed by atoms with Crippen LogP contribution in [0.3, 0.4) is 0 Å². The molecule has 0 atom stereocenters. The predicted molar refractivity (Wildman–Crippen MR) is 66.7 cm³/mol. The summed E-state index contributed by atoms with van der Waals surface area (Å²) in [5.74, 6) is -0.256. The molecule has 1 heterocycles. The number of aromatic amines is 1. The summed E-state index contributed by atoms with van der Waals surface area (Å²) in [6.07, 6.45) is 1.55. The number of H-pyrrole nitrogens is 1. The summed E-state index contributed by atoms with van der Waals surface area (Å²) in [7, 11) is 0. The summed E-state index contributed by atoms with van der Waals surface area (Å²) in [6, 6.07) is 5.14. The van der Waals surface area contributed by atoms with E-state index in [2.05, 4.69) is 4.98 Å². The van der Waals surface area contributed by atoms with Crippen molar-refractivity contribution in [3.8, 4) is 11.1 Å². The Morgan fingerprint density at radius 1 is 1.06 bits per heavy atom. The molecular formula is C14H14FNO. The zero-order chi connectivity index (χ0) is 12.6. The minimum atomic E-state index is -0.256. The van der Waals surface area contributed by atoms with Crippen LogP contribution in [0.2, 0.25) is 0 Å². The molecule has 0 saturated carbocycles. The molecule has 0 aliphatic heterocycles. The van der Waals surface area contributed by atoms with Crippen molar-refractivity contribution < 1.29 is 4.39 Å². The van der Waals surface area contributed by atoms with Crippen molar-refractivity contribution in [3.63, 3.8) is 0 Å². The zero-order valence-corrected chi connectivity index (χ0v) is 10.1. The molecule has 0 spiro atoms. The van der Waals surface area contributed by atoms with E-state index in [-0.39, 0.29) is 11.4 Å². The number of nitrogens with one attached hydrogen (secondary N) is 1. The predicted octanol–water partition coefficient (Wildman–Crippen LogP) is 3.11. The Morgan fingerprint density at radius 2 is 1.76 bits per heavy atom. The molecule has 0 amide bonds. The third-order valence-corrected chi connectivity index (χ3v) is 2.81. The average molecular weight is 231 g/mol. The van der Waals surface area contributed by atoms with Crippen molar-refractivity contribution in [2.75, 3.05) is 0 Å². The lowest BCUT2D eigenvalue weighted by molar-refractivity contribution is 0.629. The van der Waals surface area contributed by atoms with Gasteiger partial charge in [0.15, 0.2) is 0 Å². The Hall–Kier alpha value is -1.90. The highest BCUT2D eigenvalue weighted by molar-refractivity contribution is 5.68. The van der Waals surface area contributed by atoms with E-state index in [4.69, 9.17) is 0 Å². The van der Waals surface area contributed by atoms with Crippen molar-refractivity contribution in [2.45, 2.75) is 20.8 Å². The van der Waals surface area contributed by atoms with Crippen LogP contribution in [0.15, 0.2) is 29.2 Å². The third-order valence-electron chi connectivity index (χ3n) is 2.81. The standard InChI is InChI=1S/C14H14FNO/c1-8-4-9(2)13(12(15)5-8)11-6-10(3)14(17)16-7-11/h4-7H,1-3H3,(H,16,17). The minimum absolute atomic E-state index is 0.140. The molecule has 0 fully saturated rings. The normalized spacial score (nSPS) is 10.6. The Kier molecular flexibility index (Phi) is 2.84. The Morgan fingerprint density at radius 3 is 2.35 bits per heavy atom. The fraction of sp³-hybridized carbons (Fsp3) is 0.214. The Bertz CT molecular complexity index is 605. The maximum absolute atomic E-state index is 13.9. The fourth-order valence-electron chi connectivity index (χ4n) is 2.02. The molecule has 2 aromatic rings. The van der Waals surface area contributed by atoms with Gasteiger partial charge in [-0.05, 0) is 44.0 Å². The molecule has 0 aliphatic carbocycles. The van der Waals surface area contributed by atoms with Gasteiger partial charge in [0.1, 0.15) is 5.82 Å². The van der Waals surface area contributed by atoms with Crippen LogP contribution in [0.1, 0.15) is 16.7 Å². The lowest BCUT2D eigenvalue weighted by Gasteiger charge is -2.09. The third kappa shape index (κ3) is 2.13. The smallest absolute Gasteiger partial charge is 0.250 e. The van der Waals surface area contributed by atoms with Crippen LogP contribution in [0.25, 0.3) is 11.1 Å². The first-order valence-electron chi connectivity index (χ1n) is 5.45. The second-order valence-electron chi connectivity index (χ2n) is 4.34. The summed E-state index contributed by atoms with van der Waals surface area (Å²) in [6.45, 7) is 5.44. The number of aryl methyl sites for hydroxylation is 3. The van der Waals surface area contributed by atoms with Gasteiger partial charge < -0.3 is 4.98 Å². The molecule has 88 valence electrons. The monoisotopic (exact) mass is 231 g/mol. The molecule has 2 rings (SSSR count). The van der Waals surface area contributed by atoms with E-state index in [0.29, 0.717) is 16.7 Å². The van der Waals surface area contributed by atoms with Crippen LogP contribution in [0.4, 0.5) is 4.39 Å². The van der Waals surface area contributed by atoms with E-state index in [1.807, 2.05) is 19.9 Å². The number of benzene rings is 1. The molecule has 17 heavy (non-hydrogen) atoms. The molecule has 2 nitrogen and oxygen atoms in total. The first-order chi connectivity index (χ1) is 7.99. The molecule has 1 aromatic carbocycles. The number of aromatic nitrogens is 1. The summed E-state index contributed by atoms with van der Waals surface area (Å²) in [5, 5.41) is 0. The zero-order valence-electron chi connectivity index (χ0n) is 10.1. The van der Waals surface area contributed by atoms with E-state index in [9.17, 15) is 9.18 Å². The van der Waals surface area contributed by atoms with E-state index in [1.165, 1.54) is 6.07 Å². The highest BCUT2D eigenvalue weighted by atomic mass is 19.1. The second-order valence-corrected chi connectivity index (χ2v) is 4.34. The van der Waals surface area contributed by atoms with Crippen molar-refractivity contribution >= 4 is 0 Å². The number of halogens is 1. The van der Waals surface area contributed by atoms with Crippen molar-refractivity contribution in [1.82, 2.24) is 4.98 Å². The first-order valence-corrected chi connectivity index (χ1v) is 5.45. The van der Waals surface area contributed by atoms with Gasteiger partial charge in [0, 0.05) is 22.9 Å². The Labute approximate surface area is 99.1 Å². The van der Waals surface area contributed by atoms with E-state index >= 15 is 0 Å². The van der Waals surface area contributed by atoms with Crippen molar-refractivity contribution in [2.24, 2.45) is 0 Å². The SMILES string of the molecule is Cc1cc(C)c(-c2c[nH]c(=O)c(C)c2)c(F)c1. The highest BCUT2D eigenvalue weighted by Crippen LogP contribution is 2.27. The van der Waals surface area contributed by atoms with Gasteiger partial charge in [-0.25, -0.2) is 4.39 Å². The second kappa shape index (κ2) is 4.17. The molecule has 1 aromatic heterocycles. The van der Waals surface area contributed by atoms with Crippen molar-refractivity contribution in [1.29, 1.82) is 0 Å². The number of pyridine rings is 1. The average Bonchev–Trinajstić information content (AvgIpc) is 2.21. The number of rotatable bonds is 1. The summed E-state index contributed by atoms with van der Waals surface area (Å²) < 4.78 is 13.9. The quantitative estimate of drug-likeness (QED) is 0.803. The van der Waals surface area contributed by atoms with Gasteiger partial charge >= 0.3 is 0 Å². The largest absolute Gasteiger partial charge is 0.328 e. The van der Waals surface area contributed by atoms with Crippen LogP contribution < -0.4 is 5.56 Å². The summed E-state index contributed by atoms with van der Waals surface area (Å²) in [5.41, 5.74) is 3.46. The van der Waals surface area contributed by atoms with Gasteiger partial charge in [-0.15, -0.1) is 0 Å². The molecule has 3 heteroatoms. The highest BCUT2D eigenvalue weighted by Gasteiger charge is 2.10. The summed E-state index contributed by atoms with van der Waals surface area (Å²) in [4.78, 5) is 13.9. The van der Waals surface area contributed by atoms with Crippen LogP contribution in [0, 0.1) is 26.6 Å². The summed E-state index contributed by atoms with van der Waals surface area (Å²) >= 11 is 0. The number of hydrogen-bond acceptors (Lipinski definition) is 1. The lowest BCUT2D eigenvalue weighted by atomic mass is 9.98. The maximum atomic E-state index is 13.9. The van der Waals surface area contributed by atoms with E-state index in [0.717, 1.165) is 11.1 Å². The fourth-order valence-corrected chi connectivity index (χ4v) is 2.02. The molecule has 1 N–H and O–H groups in total. The molecule has 0 aliphatic rings. The van der Waals surface area contributed by atoms with Gasteiger partial charge in [-0.3, -0.25) is 4.79 Å². The topological polar surface area (TPSA) is 32.9 Å². The van der Waals surface area contributed by atoms with Crippen molar-refractivity contribution in [3.05, 3.63) is 57.3 Å². The molecule has 0 unspecified atom stereocenters. The van der Waals surface area contributed by atoms with Gasteiger partial charge in [-0.2, -0.15) is 0 Å². The minimum Gasteiger partial charge on any atom is -0.328 e. The molecule has 0 bridgehead atoms.